The van der Waals surface area contributed by atoms with Crippen LogP contribution in [0.5, 0.6) is 0 Å². The van der Waals surface area contributed by atoms with E-state index in [4.69, 9.17) is 11.6 Å². The van der Waals surface area contributed by atoms with Gasteiger partial charge in [0.2, 0.25) is 0 Å². The Bertz CT molecular complexity index is 333. The molecule has 0 bridgehead atoms. The predicted octanol–water partition coefficient (Wildman–Crippen LogP) is 2.25. The number of aryl methyl sites for hydroxylation is 1. The lowest BCUT2D eigenvalue weighted by Gasteiger charge is -2.28. The summed E-state index contributed by atoms with van der Waals surface area (Å²) in [5, 5.41) is 0.561. The smallest absolute Gasteiger partial charge is 0.134 e. The van der Waals surface area contributed by atoms with E-state index in [1.807, 2.05) is 6.92 Å². The maximum absolute atomic E-state index is 5.94. The summed E-state index contributed by atoms with van der Waals surface area (Å²) in [5.41, 5.74) is 0.957. The highest BCUT2D eigenvalue weighted by Gasteiger charge is 2.21. The number of aromatic nitrogens is 2. The Morgan fingerprint density at radius 2 is 2.27 bits per heavy atom. The average Bonchev–Trinajstić information content (AvgIpc) is 2.16. The normalized spacial score (nSPS) is 23.0. The van der Waals surface area contributed by atoms with Crippen LogP contribution in [0.1, 0.15) is 30.3 Å². The van der Waals surface area contributed by atoms with Crippen LogP contribution in [0.25, 0.3) is 0 Å². The van der Waals surface area contributed by atoms with Crippen LogP contribution in [0, 0.1) is 6.92 Å². The maximum atomic E-state index is 5.94. The quantitative estimate of drug-likeness (QED) is 0.687. The van der Waals surface area contributed by atoms with Gasteiger partial charge in [-0.15, -0.1) is 0 Å². The van der Waals surface area contributed by atoms with E-state index in [1.54, 1.807) is 6.07 Å². The first-order chi connectivity index (χ1) is 7.15. The first-order valence-corrected chi connectivity index (χ1v) is 5.72. The topological polar surface area (TPSA) is 29.0 Å². The first kappa shape index (κ1) is 10.8. The summed E-state index contributed by atoms with van der Waals surface area (Å²) in [7, 11) is 2.14. The van der Waals surface area contributed by atoms with Gasteiger partial charge in [-0.05, 0) is 39.4 Å². The molecule has 0 N–H and O–H groups in total. The van der Waals surface area contributed by atoms with Crippen molar-refractivity contribution >= 4 is 11.6 Å². The maximum Gasteiger partial charge on any atom is 0.134 e. The molecule has 1 aliphatic rings. The summed E-state index contributed by atoms with van der Waals surface area (Å²) in [6.45, 7) is 4.18. The zero-order valence-corrected chi connectivity index (χ0v) is 9.96. The summed E-state index contributed by atoms with van der Waals surface area (Å²) in [4.78, 5) is 11.1. The Balaban J connectivity index is 2.20. The molecule has 0 aromatic carbocycles. The van der Waals surface area contributed by atoms with Crippen LogP contribution in [-0.4, -0.2) is 35.0 Å². The number of piperidine rings is 1. The van der Waals surface area contributed by atoms with Crippen molar-refractivity contribution in [1.82, 2.24) is 14.9 Å². The predicted molar refractivity (Wildman–Crippen MR) is 61.3 cm³/mol. The van der Waals surface area contributed by atoms with Gasteiger partial charge >= 0.3 is 0 Å². The van der Waals surface area contributed by atoms with E-state index in [-0.39, 0.29) is 0 Å². The fraction of sp³-hybridized carbons (Fsp3) is 0.636. The van der Waals surface area contributed by atoms with Crippen LogP contribution in [0.2, 0.25) is 5.15 Å². The van der Waals surface area contributed by atoms with E-state index < -0.39 is 0 Å². The van der Waals surface area contributed by atoms with Crippen LogP contribution in [0.4, 0.5) is 0 Å². The molecule has 3 nitrogen and oxygen atoms in total. The van der Waals surface area contributed by atoms with E-state index >= 15 is 0 Å². The molecule has 1 aromatic heterocycles. The monoisotopic (exact) mass is 225 g/mol. The lowest BCUT2D eigenvalue weighted by Crippen LogP contribution is -2.31. The average molecular weight is 226 g/mol. The second-order valence-electron chi connectivity index (χ2n) is 4.29. The lowest BCUT2D eigenvalue weighted by molar-refractivity contribution is 0.245. The molecule has 1 saturated heterocycles. The molecule has 0 amide bonds. The number of likely N-dealkylation sites (tertiary alicyclic amines) is 1. The highest BCUT2D eigenvalue weighted by atomic mass is 35.5. The molecule has 2 heterocycles. The number of hydrogen-bond donors (Lipinski definition) is 0. The molecule has 0 unspecified atom stereocenters. The summed E-state index contributed by atoms with van der Waals surface area (Å²) >= 11 is 5.94. The molecule has 1 atom stereocenters. The summed E-state index contributed by atoms with van der Waals surface area (Å²) in [6.07, 6.45) is 2.39. The van der Waals surface area contributed by atoms with Crippen LogP contribution >= 0.6 is 11.6 Å². The van der Waals surface area contributed by atoms with Crippen molar-refractivity contribution in [2.24, 2.45) is 0 Å². The Kier molecular flexibility index (Phi) is 3.22. The van der Waals surface area contributed by atoms with Crippen molar-refractivity contribution in [2.75, 3.05) is 20.1 Å². The molecule has 0 radical (unpaired) electrons. The van der Waals surface area contributed by atoms with Gasteiger partial charge in [0, 0.05) is 18.2 Å². The van der Waals surface area contributed by atoms with Crippen molar-refractivity contribution in [2.45, 2.75) is 25.7 Å². The number of halogens is 1. The van der Waals surface area contributed by atoms with Gasteiger partial charge in [0.15, 0.2) is 0 Å². The zero-order valence-electron chi connectivity index (χ0n) is 9.20. The van der Waals surface area contributed by atoms with E-state index in [0.717, 1.165) is 18.1 Å². The van der Waals surface area contributed by atoms with Gasteiger partial charge in [0.05, 0.1) is 0 Å². The van der Waals surface area contributed by atoms with Crippen LogP contribution in [0.15, 0.2) is 6.07 Å². The summed E-state index contributed by atoms with van der Waals surface area (Å²) in [5.74, 6) is 1.35. The Morgan fingerprint density at radius 3 is 2.93 bits per heavy atom. The third-order valence-corrected chi connectivity index (χ3v) is 3.02. The summed E-state index contributed by atoms with van der Waals surface area (Å²) in [6, 6.07) is 1.80. The summed E-state index contributed by atoms with van der Waals surface area (Å²) < 4.78 is 0. The molecule has 0 aliphatic carbocycles. The standard InChI is InChI=1S/C11H16ClN3/c1-8-6-10(12)14-11(13-8)9-4-3-5-15(2)7-9/h6,9H,3-5,7H2,1-2H3/t9-/m1/s1. The fourth-order valence-corrected chi connectivity index (χ4v) is 2.36. The van der Waals surface area contributed by atoms with Crippen LogP contribution in [0.3, 0.4) is 0 Å². The second kappa shape index (κ2) is 4.45. The largest absolute Gasteiger partial charge is 0.306 e. The van der Waals surface area contributed by atoms with E-state index in [2.05, 4.69) is 21.9 Å². The van der Waals surface area contributed by atoms with E-state index in [9.17, 15) is 0 Å². The third-order valence-electron chi connectivity index (χ3n) is 2.83. The zero-order chi connectivity index (χ0) is 10.8. The van der Waals surface area contributed by atoms with Gasteiger partial charge in [-0.3, -0.25) is 0 Å². The Hall–Kier alpha value is -0.670. The van der Waals surface area contributed by atoms with Gasteiger partial charge in [-0.1, -0.05) is 11.6 Å². The molecular formula is C11H16ClN3. The first-order valence-electron chi connectivity index (χ1n) is 5.35. The van der Waals surface area contributed by atoms with Gasteiger partial charge in [0.1, 0.15) is 11.0 Å². The van der Waals surface area contributed by atoms with Crippen molar-refractivity contribution in [3.63, 3.8) is 0 Å². The Morgan fingerprint density at radius 1 is 1.47 bits per heavy atom. The fourth-order valence-electron chi connectivity index (χ4n) is 2.11. The lowest BCUT2D eigenvalue weighted by atomic mass is 9.97. The minimum atomic E-state index is 0.446. The minimum Gasteiger partial charge on any atom is -0.306 e. The highest BCUT2D eigenvalue weighted by Crippen LogP contribution is 2.24. The van der Waals surface area contributed by atoms with Crippen molar-refractivity contribution in [1.29, 1.82) is 0 Å². The molecule has 0 saturated carbocycles. The van der Waals surface area contributed by atoms with Crippen molar-refractivity contribution < 1.29 is 0 Å². The number of nitrogens with zero attached hydrogens (tertiary/aromatic N) is 3. The Labute approximate surface area is 95.5 Å². The molecule has 0 spiro atoms. The van der Waals surface area contributed by atoms with Crippen molar-refractivity contribution in [3.05, 3.63) is 22.7 Å². The van der Waals surface area contributed by atoms with Crippen molar-refractivity contribution in [3.8, 4) is 0 Å². The minimum absolute atomic E-state index is 0.446. The van der Waals surface area contributed by atoms with Gasteiger partial charge in [-0.2, -0.15) is 0 Å². The van der Waals surface area contributed by atoms with Crippen LogP contribution in [-0.2, 0) is 0 Å². The molecule has 15 heavy (non-hydrogen) atoms. The van der Waals surface area contributed by atoms with E-state index in [0.29, 0.717) is 11.1 Å². The number of likely N-dealkylation sites (N-methyl/N-ethyl adjacent to an activating group) is 1. The SMILES string of the molecule is Cc1cc(Cl)nc([C@@H]2CCCN(C)C2)n1. The van der Waals surface area contributed by atoms with Gasteiger partial charge < -0.3 is 4.90 Å². The van der Waals surface area contributed by atoms with Gasteiger partial charge in [-0.25, -0.2) is 9.97 Å². The molecular weight excluding hydrogens is 210 g/mol. The van der Waals surface area contributed by atoms with Gasteiger partial charge in [0.25, 0.3) is 0 Å². The molecule has 2 rings (SSSR count). The number of rotatable bonds is 1. The van der Waals surface area contributed by atoms with E-state index in [1.165, 1.54) is 19.4 Å². The second-order valence-corrected chi connectivity index (χ2v) is 4.68. The highest BCUT2D eigenvalue weighted by molar-refractivity contribution is 6.29. The third kappa shape index (κ3) is 2.67. The molecule has 1 aromatic rings. The molecule has 1 fully saturated rings. The molecule has 82 valence electrons. The van der Waals surface area contributed by atoms with Crippen LogP contribution < -0.4 is 0 Å². The molecule has 4 heteroatoms. The number of hydrogen-bond acceptors (Lipinski definition) is 3. The molecule has 1 aliphatic heterocycles.